The van der Waals surface area contributed by atoms with E-state index in [1.165, 1.54) is 49.5 Å². The molecule has 3 nitrogen and oxygen atoms in total. The SMILES string of the molecule is c1ccc(-c2nc(-c3ccc(C4(c5ccccc5)c5ccccc5-c5ccccc54)cc3)nc(-c3cccc4c3ccc3ccccc34)n2)cc1. The molecule has 3 heteroatoms. The summed E-state index contributed by atoms with van der Waals surface area (Å²) in [4.78, 5) is 15.4. The van der Waals surface area contributed by atoms with E-state index in [9.17, 15) is 0 Å². The molecule has 0 unspecified atom stereocenters. The Balaban J connectivity index is 1.16. The highest BCUT2D eigenvalue weighted by atomic mass is 15.0. The van der Waals surface area contributed by atoms with Gasteiger partial charge in [0.25, 0.3) is 0 Å². The van der Waals surface area contributed by atoms with Gasteiger partial charge in [0.05, 0.1) is 5.41 Å². The number of benzene rings is 8. The Hall–Kier alpha value is -6.71. The third-order valence-corrected chi connectivity index (χ3v) is 10.4. The van der Waals surface area contributed by atoms with Crippen molar-refractivity contribution in [1.29, 1.82) is 0 Å². The first-order valence-electron chi connectivity index (χ1n) is 17.4. The predicted octanol–water partition coefficient (Wildman–Crippen LogP) is 11.5. The molecule has 1 aromatic heterocycles. The van der Waals surface area contributed by atoms with E-state index in [1.54, 1.807) is 0 Å². The van der Waals surface area contributed by atoms with Gasteiger partial charge in [-0.15, -0.1) is 0 Å². The van der Waals surface area contributed by atoms with Crippen LogP contribution in [0.3, 0.4) is 0 Å². The van der Waals surface area contributed by atoms with Gasteiger partial charge in [0, 0.05) is 16.7 Å². The quantitative estimate of drug-likeness (QED) is 0.174. The first-order chi connectivity index (χ1) is 25.3. The van der Waals surface area contributed by atoms with E-state index in [4.69, 9.17) is 15.0 Å². The van der Waals surface area contributed by atoms with Gasteiger partial charge in [-0.05, 0) is 54.9 Å². The fraction of sp³-hybridized carbons (Fsp3) is 0.0208. The first kappa shape index (κ1) is 29.2. The Morgan fingerprint density at radius 2 is 0.804 bits per heavy atom. The van der Waals surface area contributed by atoms with Gasteiger partial charge in [-0.25, -0.2) is 15.0 Å². The molecule has 9 aromatic rings. The highest BCUT2D eigenvalue weighted by molar-refractivity contribution is 6.11. The number of aromatic nitrogens is 3. The fourth-order valence-corrected chi connectivity index (χ4v) is 8.16. The highest BCUT2D eigenvalue weighted by Crippen LogP contribution is 2.56. The molecule has 0 fully saturated rings. The minimum absolute atomic E-state index is 0.460. The van der Waals surface area contributed by atoms with Crippen LogP contribution in [0.15, 0.2) is 188 Å². The molecule has 0 N–H and O–H groups in total. The molecule has 0 saturated heterocycles. The van der Waals surface area contributed by atoms with Crippen molar-refractivity contribution >= 4 is 21.5 Å². The molecular formula is C48H31N3. The number of nitrogens with zero attached hydrogens (tertiary/aromatic N) is 3. The first-order valence-corrected chi connectivity index (χ1v) is 17.4. The molecule has 10 rings (SSSR count). The maximum absolute atomic E-state index is 5.18. The second kappa shape index (κ2) is 11.7. The summed E-state index contributed by atoms with van der Waals surface area (Å²) < 4.78 is 0. The summed E-state index contributed by atoms with van der Waals surface area (Å²) in [5.41, 5.74) is 10.00. The van der Waals surface area contributed by atoms with Crippen LogP contribution in [0, 0.1) is 0 Å². The molecule has 0 spiro atoms. The lowest BCUT2D eigenvalue weighted by atomic mass is 9.67. The Morgan fingerprint density at radius 3 is 1.51 bits per heavy atom. The van der Waals surface area contributed by atoms with Gasteiger partial charge in [-0.3, -0.25) is 0 Å². The minimum Gasteiger partial charge on any atom is -0.208 e. The number of rotatable bonds is 5. The van der Waals surface area contributed by atoms with E-state index in [2.05, 4.69) is 170 Å². The number of hydrogen-bond acceptors (Lipinski definition) is 3. The fourth-order valence-electron chi connectivity index (χ4n) is 8.16. The van der Waals surface area contributed by atoms with Crippen molar-refractivity contribution in [2.24, 2.45) is 0 Å². The van der Waals surface area contributed by atoms with Crippen molar-refractivity contribution in [3.8, 4) is 45.3 Å². The van der Waals surface area contributed by atoms with E-state index in [1.807, 2.05) is 18.2 Å². The Labute approximate surface area is 296 Å². The third-order valence-electron chi connectivity index (χ3n) is 10.4. The van der Waals surface area contributed by atoms with Crippen molar-refractivity contribution < 1.29 is 0 Å². The van der Waals surface area contributed by atoms with Crippen molar-refractivity contribution in [1.82, 2.24) is 15.0 Å². The molecule has 1 aliphatic carbocycles. The molecule has 0 bridgehead atoms. The summed E-state index contributed by atoms with van der Waals surface area (Å²) in [6, 6.07) is 66.9. The monoisotopic (exact) mass is 649 g/mol. The predicted molar refractivity (Wildman–Crippen MR) is 208 cm³/mol. The van der Waals surface area contributed by atoms with Crippen molar-refractivity contribution in [3.05, 3.63) is 210 Å². The van der Waals surface area contributed by atoms with Crippen LogP contribution >= 0.6 is 0 Å². The zero-order valence-corrected chi connectivity index (χ0v) is 27.7. The van der Waals surface area contributed by atoms with Crippen LogP contribution in [0.25, 0.3) is 66.8 Å². The highest BCUT2D eigenvalue weighted by Gasteiger charge is 2.45. The van der Waals surface area contributed by atoms with Gasteiger partial charge in [0.15, 0.2) is 17.5 Å². The molecule has 51 heavy (non-hydrogen) atoms. The molecule has 0 atom stereocenters. The van der Waals surface area contributed by atoms with E-state index in [0.29, 0.717) is 17.5 Å². The molecule has 238 valence electrons. The molecule has 0 amide bonds. The smallest absolute Gasteiger partial charge is 0.164 e. The Morgan fingerprint density at radius 1 is 0.294 bits per heavy atom. The molecule has 0 aliphatic heterocycles. The molecule has 1 heterocycles. The Bertz CT molecular complexity index is 2690. The molecule has 1 aliphatic rings. The normalized spacial score (nSPS) is 12.9. The summed E-state index contributed by atoms with van der Waals surface area (Å²) in [5, 5.41) is 4.73. The summed E-state index contributed by atoms with van der Waals surface area (Å²) >= 11 is 0. The van der Waals surface area contributed by atoms with Crippen LogP contribution in [0.1, 0.15) is 22.3 Å². The van der Waals surface area contributed by atoms with Crippen LogP contribution in [-0.2, 0) is 5.41 Å². The van der Waals surface area contributed by atoms with Crippen molar-refractivity contribution in [2.45, 2.75) is 5.41 Å². The largest absolute Gasteiger partial charge is 0.208 e. The van der Waals surface area contributed by atoms with Gasteiger partial charge in [0.1, 0.15) is 0 Å². The lowest BCUT2D eigenvalue weighted by Crippen LogP contribution is -2.28. The van der Waals surface area contributed by atoms with E-state index < -0.39 is 5.41 Å². The van der Waals surface area contributed by atoms with Gasteiger partial charge in [-0.2, -0.15) is 0 Å². The van der Waals surface area contributed by atoms with Gasteiger partial charge >= 0.3 is 0 Å². The summed E-state index contributed by atoms with van der Waals surface area (Å²) in [6.45, 7) is 0. The lowest BCUT2D eigenvalue weighted by Gasteiger charge is -2.34. The Kier molecular flexibility index (Phi) is 6.71. The average Bonchev–Trinajstić information content (AvgIpc) is 3.52. The maximum atomic E-state index is 5.18. The molecular weight excluding hydrogens is 619 g/mol. The standard InChI is InChI=1S/C48H31N3/c1-3-15-33(16-4-1)45-49-46(51-47(50-45)42-23-13-22-38-37-19-8-7-14-32(37)28-31-39(38)42)34-26-29-36(30-27-34)48(35-17-5-2-6-18-35)43-24-11-9-20-40(43)41-21-10-12-25-44(41)48/h1-31H. The molecule has 8 aromatic carbocycles. The van der Waals surface area contributed by atoms with Crippen LogP contribution in [0.5, 0.6) is 0 Å². The number of hydrogen-bond donors (Lipinski definition) is 0. The molecule has 0 radical (unpaired) electrons. The summed E-state index contributed by atoms with van der Waals surface area (Å²) in [6.07, 6.45) is 0. The second-order valence-electron chi connectivity index (χ2n) is 13.1. The van der Waals surface area contributed by atoms with Gasteiger partial charge in [0.2, 0.25) is 0 Å². The zero-order chi connectivity index (χ0) is 33.8. The second-order valence-corrected chi connectivity index (χ2v) is 13.1. The van der Waals surface area contributed by atoms with E-state index >= 15 is 0 Å². The van der Waals surface area contributed by atoms with E-state index in [-0.39, 0.29) is 0 Å². The van der Waals surface area contributed by atoms with Crippen molar-refractivity contribution in [3.63, 3.8) is 0 Å². The lowest BCUT2D eigenvalue weighted by molar-refractivity contribution is 0.768. The topological polar surface area (TPSA) is 38.7 Å². The van der Waals surface area contributed by atoms with Crippen molar-refractivity contribution in [2.75, 3.05) is 0 Å². The number of fused-ring (bicyclic) bond motifs is 6. The average molecular weight is 650 g/mol. The van der Waals surface area contributed by atoms with Crippen LogP contribution in [0.2, 0.25) is 0 Å². The zero-order valence-electron chi connectivity index (χ0n) is 27.7. The summed E-state index contributed by atoms with van der Waals surface area (Å²) in [7, 11) is 0. The van der Waals surface area contributed by atoms with Crippen LogP contribution < -0.4 is 0 Å². The minimum atomic E-state index is -0.460. The summed E-state index contributed by atoms with van der Waals surface area (Å²) in [5.74, 6) is 1.95. The van der Waals surface area contributed by atoms with Crippen LogP contribution in [-0.4, -0.2) is 15.0 Å². The van der Waals surface area contributed by atoms with E-state index in [0.717, 1.165) is 22.1 Å². The van der Waals surface area contributed by atoms with Gasteiger partial charge < -0.3 is 0 Å². The van der Waals surface area contributed by atoms with Gasteiger partial charge in [-0.1, -0.05) is 188 Å². The third kappa shape index (κ3) is 4.56. The molecule has 0 saturated carbocycles. The van der Waals surface area contributed by atoms with Crippen LogP contribution in [0.4, 0.5) is 0 Å². The maximum Gasteiger partial charge on any atom is 0.164 e.